The molecule has 2 N–H and O–H groups in total. The largest absolute Gasteiger partial charge is 0.490 e. The highest BCUT2D eigenvalue weighted by Gasteiger charge is 2.38. The average molecular weight is 537 g/mol. The second-order valence-corrected chi connectivity index (χ2v) is 9.03. The van der Waals surface area contributed by atoms with E-state index < -0.39 is 12.1 Å². The molecule has 12 heteroatoms. The predicted molar refractivity (Wildman–Crippen MR) is 136 cm³/mol. The number of amides is 1. The van der Waals surface area contributed by atoms with Gasteiger partial charge in [0.25, 0.3) is 5.91 Å². The van der Waals surface area contributed by atoms with E-state index in [1.54, 1.807) is 24.7 Å². The molecule has 1 amide bonds. The van der Waals surface area contributed by atoms with Gasteiger partial charge in [-0.3, -0.25) is 14.3 Å². The Balaban J connectivity index is 0.000000392. The van der Waals surface area contributed by atoms with E-state index in [0.29, 0.717) is 24.1 Å². The monoisotopic (exact) mass is 536 g/mol. The van der Waals surface area contributed by atoms with E-state index in [2.05, 4.69) is 43.0 Å². The van der Waals surface area contributed by atoms with Gasteiger partial charge >= 0.3 is 12.1 Å². The van der Waals surface area contributed by atoms with Crippen molar-refractivity contribution in [3.8, 4) is 5.95 Å². The molecule has 1 aliphatic carbocycles. The molecule has 0 aliphatic heterocycles. The van der Waals surface area contributed by atoms with Crippen LogP contribution in [0.25, 0.3) is 27.9 Å². The molecule has 1 fully saturated rings. The minimum Gasteiger partial charge on any atom is -0.475 e. The topological polar surface area (TPSA) is 115 Å². The van der Waals surface area contributed by atoms with Crippen molar-refractivity contribution in [3.63, 3.8) is 0 Å². The fourth-order valence-corrected chi connectivity index (χ4v) is 4.30. The number of pyridine rings is 1. The molecule has 1 aliphatic rings. The van der Waals surface area contributed by atoms with Gasteiger partial charge in [0.2, 0.25) is 5.95 Å². The van der Waals surface area contributed by atoms with Crippen molar-refractivity contribution in [2.75, 3.05) is 0 Å². The molecule has 39 heavy (non-hydrogen) atoms. The summed E-state index contributed by atoms with van der Waals surface area (Å²) in [5, 5.41) is 11.2. The number of alkyl halides is 3. The molecule has 0 unspecified atom stereocenters. The first kappa shape index (κ1) is 25.9. The van der Waals surface area contributed by atoms with E-state index in [1.807, 2.05) is 34.9 Å². The summed E-state index contributed by atoms with van der Waals surface area (Å²) in [5.41, 5.74) is 4.51. The van der Waals surface area contributed by atoms with Crippen molar-refractivity contribution in [2.24, 2.45) is 5.92 Å². The highest BCUT2D eigenvalue weighted by atomic mass is 19.4. The molecule has 200 valence electrons. The Morgan fingerprint density at radius 2 is 1.62 bits per heavy atom. The van der Waals surface area contributed by atoms with E-state index in [4.69, 9.17) is 9.90 Å². The number of carbonyl (C=O) groups is 2. The Labute approximate surface area is 219 Å². The summed E-state index contributed by atoms with van der Waals surface area (Å²) >= 11 is 0. The van der Waals surface area contributed by atoms with Gasteiger partial charge in [-0.25, -0.2) is 14.8 Å². The molecule has 0 atom stereocenters. The predicted octanol–water partition coefficient (Wildman–Crippen LogP) is 4.74. The fourth-order valence-electron chi connectivity index (χ4n) is 4.30. The summed E-state index contributed by atoms with van der Waals surface area (Å²) in [5.74, 6) is -1.75. The van der Waals surface area contributed by atoms with Crippen molar-refractivity contribution in [2.45, 2.75) is 32.1 Å². The molecular formula is C27H23F3N6O3. The van der Waals surface area contributed by atoms with Gasteiger partial charge in [-0.15, -0.1) is 0 Å². The van der Waals surface area contributed by atoms with Gasteiger partial charge in [0.15, 0.2) is 0 Å². The Bertz CT molecular complexity index is 1630. The molecule has 9 nitrogen and oxygen atoms in total. The van der Waals surface area contributed by atoms with Crippen LogP contribution >= 0.6 is 0 Å². The van der Waals surface area contributed by atoms with E-state index in [9.17, 15) is 18.0 Å². The summed E-state index contributed by atoms with van der Waals surface area (Å²) < 4.78 is 36.0. The number of nitrogens with one attached hydrogen (secondary N) is 1. The van der Waals surface area contributed by atoms with Gasteiger partial charge in [0, 0.05) is 30.5 Å². The summed E-state index contributed by atoms with van der Waals surface area (Å²) in [7, 11) is 0. The third-order valence-corrected chi connectivity index (χ3v) is 6.24. The lowest BCUT2D eigenvalue weighted by Gasteiger charge is -2.09. The van der Waals surface area contributed by atoms with Crippen LogP contribution in [0, 0.1) is 5.92 Å². The molecule has 6 rings (SSSR count). The Morgan fingerprint density at radius 1 is 0.949 bits per heavy atom. The van der Waals surface area contributed by atoms with Crippen LogP contribution < -0.4 is 5.32 Å². The van der Waals surface area contributed by atoms with Gasteiger partial charge in [0.1, 0.15) is 5.69 Å². The molecular weight excluding hydrogens is 513 g/mol. The highest BCUT2D eigenvalue weighted by Crippen LogP contribution is 2.37. The first-order valence-electron chi connectivity index (χ1n) is 12.1. The van der Waals surface area contributed by atoms with Crippen LogP contribution in [0.15, 0.2) is 73.2 Å². The van der Waals surface area contributed by atoms with Crippen LogP contribution in [0.3, 0.4) is 0 Å². The minimum atomic E-state index is -5.08. The number of aromatic nitrogens is 5. The lowest BCUT2D eigenvalue weighted by molar-refractivity contribution is -0.192. The van der Waals surface area contributed by atoms with Gasteiger partial charge in [0.05, 0.1) is 28.8 Å². The second kappa shape index (κ2) is 10.6. The van der Waals surface area contributed by atoms with Gasteiger partial charge in [-0.1, -0.05) is 24.3 Å². The smallest absolute Gasteiger partial charge is 0.475 e. The quantitative estimate of drug-likeness (QED) is 0.324. The van der Waals surface area contributed by atoms with Crippen molar-refractivity contribution in [1.29, 1.82) is 0 Å². The Kier molecular flexibility index (Phi) is 7.01. The average Bonchev–Trinajstić information content (AvgIpc) is 3.60. The number of aliphatic carboxylic acids is 1. The van der Waals surface area contributed by atoms with E-state index in [-0.39, 0.29) is 5.91 Å². The van der Waals surface area contributed by atoms with Crippen molar-refractivity contribution in [1.82, 2.24) is 29.4 Å². The fraction of sp³-hybridized carbons (Fsp3) is 0.222. The number of rotatable bonds is 6. The lowest BCUT2D eigenvalue weighted by atomic mass is 10.2. The summed E-state index contributed by atoms with van der Waals surface area (Å²) in [6, 6.07) is 17.8. The molecule has 0 saturated heterocycles. The maximum Gasteiger partial charge on any atom is 0.490 e. The normalized spacial score (nSPS) is 13.2. The van der Waals surface area contributed by atoms with Crippen LogP contribution in [0.2, 0.25) is 0 Å². The molecule has 0 spiro atoms. The number of nitrogens with zero attached hydrogens (tertiary/aromatic N) is 5. The molecule has 1 aromatic carbocycles. The van der Waals surface area contributed by atoms with Crippen LogP contribution in [-0.2, 0) is 17.9 Å². The highest BCUT2D eigenvalue weighted by molar-refractivity contribution is 6.11. The number of carbonyl (C=O) groups excluding carboxylic acids is 1. The zero-order valence-electron chi connectivity index (χ0n) is 20.5. The van der Waals surface area contributed by atoms with Crippen molar-refractivity contribution in [3.05, 3.63) is 84.6 Å². The number of halogens is 3. The molecule has 0 radical (unpaired) electrons. The van der Waals surface area contributed by atoms with Crippen LogP contribution in [-0.4, -0.2) is 47.2 Å². The zero-order valence-corrected chi connectivity index (χ0v) is 20.5. The number of benzene rings is 1. The summed E-state index contributed by atoms with van der Waals surface area (Å²) in [4.78, 5) is 35.5. The maximum atomic E-state index is 13.3. The number of hydrogen-bond acceptors (Lipinski definition) is 5. The summed E-state index contributed by atoms with van der Waals surface area (Å²) in [6.07, 6.45) is 2.56. The van der Waals surface area contributed by atoms with Crippen LogP contribution in [0.1, 0.15) is 29.0 Å². The minimum absolute atomic E-state index is 0.179. The van der Waals surface area contributed by atoms with E-state index >= 15 is 0 Å². The second-order valence-electron chi connectivity index (χ2n) is 9.03. The SMILES string of the molecule is O=C(NCc1ccccn1)c1cc2c(c3ccccc3n2CC2CC2)n1-c1ncccn1.O=C(O)C(F)(F)F. The maximum absolute atomic E-state index is 13.3. The van der Waals surface area contributed by atoms with Gasteiger partial charge < -0.3 is 15.0 Å². The van der Waals surface area contributed by atoms with Gasteiger partial charge in [-0.2, -0.15) is 13.2 Å². The van der Waals surface area contributed by atoms with Gasteiger partial charge in [-0.05, 0) is 49.1 Å². The molecule has 4 aromatic heterocycles. The first-order chi connectivity index (χ1) is 18.7. The molecule has 5 aromatic rings. The Morgan fingerprint density at radius 3 is 2.26 bits per heavy atom. The van der Waals surface area contributed by atoms with E-state index in [1.165, 1.54) is 18.4 Å². The molecule has 1 saturated carbocycles. The number of fused-ring (bicyclic) bond motifs is 3. The van der Waals surface area contributed by atoms with Crippen LogP contribution in [0.4, 0.5) is 13.2 Å². The molecule has 4 heterocycles. The van der Waals surface area contributed by atoms with Crippen molar-refractivity contribution >= 4 is 33.8 Å². The standard InChI is InChI=1S/C25H22N6O.C2HF3O2/c32-24(29-15-18-6-3-4-11-26-18)22-14-21-23(31(22)25-27-12-5-13-28-25)19-7-1-2-8-20(19)30(21)16-17-9-10-17;3-2(4,5)1(6)7/h1-8,11-14,17H,9-10,15-16H2,(H,29,32);(H,6,7). The third-order valence-electron chi connectivity index (χ3n) is 6.24. The number of hydrogen-bond donors (Lipinski definition) is 2. The summed E-state index contributed by atoms with van der Waals surface area (Å²) in [6.45, 7) is 1.31. The number of carboxylic acid groups (broad SMARTS) is 1. The Hall–Kier alpha value is -4.74. The zero-order chi connectivity index (χ0) is 27.6. The number of para-hydroxylation sites is 1. The number of carboxylic acids is 1. The van der Waals surface area contributed by atoms with E-state index in [0.717, 1.165) is 28.7 Å². The molecule has 0 bridgehead atoms. The third kappa shape index (κ3) is 5.59. The van der Waals surface area contributed by atoms with Crippen molar-refractivity contribution < 1.29 is 27.9 Å². The first-order valence-corrected chi connectivity index (χ1v) is 12.1. The van der Waals surface area contributed by atoms with Crippen LogP contribution in [0.5, 0.6) is 0 Å². The lowest BCUT2D eigenvalue weighted by Crippen LogP contribution is -2.26.